The van der Waals surface area contributed by atoms with Gasteiger partial charge in [-0.05, 0) is 61.9 Å². The van der Waals surface area contributed by atoms with Crippen LogP contribution in [-0.2, 0) is 11.3 Å². The molecule has 6 rings (SSSR count). The molecule has 0 saturated carbocycles. The van der Waals surface area contributed by atoms with Gasteiger partial charge in [-0.25, -0.2) is 5.43 Å². The maximum Gasteiger partial charge on any atom is 0.250 e. The van der Waals surface area contributed by atoms with Crippen LogP contribution < -0.4 is 5.43 Å². The summed E-state index contributed by atoms with van der Waals surface area (Å²) >= 11 is 7.43. The number of carbonyl (C=O) groups is 1. The third-order valence-corrected chi connectivity index (χ3v) is 8.06. The Hall–Kier alpha value is -4.40. The fourth-order valence-corrected chi connectivity index (χ4v) is 5.78. The van der Waals surface area contributed by atoms with Gasteiger partial charge in [-0.3, -0.25) is 9.36 Å². The van der Waals surface area contributed by atoms with Gasteiger partial charge in [0, 0.05) is 44.6 Å². The number of para-hydroxylation sites is 1. The molecule has 2 aromatic heterocycles. The van der Waals surface area contributed by atoms with Crippen LogP contribution in [0.4, 0.5) is 0 Å². The zero-order valence-electron chi connectivity index (χ0n) is 22.6. The van der Waals surface area contributed by atoms with Crippen LogP contribution in [0.5, 0.6) is 0 Å². The summed E-state index contributed by atoms with van der Waals surface area (Å²) in [6.45, 7) is 5.08. The van der Waals surface area contributed by atoms with Crippen molar-refractivity contribution in [2.75, 3.05) is 5.75 Å². The molecule has 41 heavy (non-hydrogen) atoms. The second-order valence-electron chi connectivity index (χ2n) is 9.60. The molecule has 0 bridgehead atoms. The van der Waals surface area contributed by atoms with E-state index in [2.05, 4.69) is 68.6 Å². The normalized spacial score (nSPS) is 11.6. The summed E-state index contributed by atoms with van der Waals surface area (Å²) in [5.41, 5.74) is 8.89. The van der Waals surface area contributed by atoms with Gasteiger partial charge in [0.1, 0.15) is 0 Å². The van der Waals surface area contributed by atoms with Crippen LogP contribution in [-0.4, -0.2) is 37.2 Å². The summed E-state index contributed by atoms with van der Waals surface area (Å²) in [4.78, 5) is 12.7. The molecule has 0 radical (unpaired) electrons. The average Bonchev–Trinajstić information content (AvgIpc) is 3.56. The first-order chi connectivity index (χ1) is 20.0. The molecule has 0 atom stereocenters. The lowest BCUT2D eigenvalue weighted by Crippen LogP contribution is -2.20. The minimum absolute atomic E-state index is 0.125. The van der Waals surface area contributed by atoms with Crippen LogP contribution in [0, 0.1) is 6.92 Å². The van der Waals surface area contributed by atoms with Gasteiger partial charge in [-0.1, -0.05) is 77.5 Å². The van der Waals surface area contributed by atoms with Gasteiger partial charge in [0.05, 0.1) is 12.0 Å². The van der Waals surface area contributed by atoms with Gasteiger partial charge >= 0.3 is 0 Å². The molecule has 0 unspecified atom stereocenters. The number of hydrogen-bond donors (Lipinski definition) is 1. The van der Waals surface area contributed by atoms with Crippen molar-refractivity contribution in [3.05, 3.63) is 107 Å². The van der Waals surface area contributed by atoms with E-state index in [1.807, 2.05) is 66.1 Å². The highest BCUT2D eigenvalue weighted by Gasteiger charge is 2.17. The van der Waals surface area contributed by atoms with E-state index in [-0.39, 0.29) is 11.7 Å². The third kappa shape index (κ3) is 5.49. The van der Waals surface area contributed by atoms with Crippen molar-refractivity contribution >= 4 is 57.3 Å². The number of aromatic nitrogens is 4. The van der Waals surface area contributed by atoms with Crippen molar-refractivity contribution in [2.45, 2.75) is 25.5 Å². The largest absolute Gasteiger partial charge is 0.341 e. The topological polar surface area (TPSA) is 77.1 Å². The Balaban J connectivity index is 1.18. The van der Waals surface area contributed by atoms with Crippen LogP contribution in [0.1, 0.15) is 18.1 Å². The number of benzene rings is 4. The van der Waals surface area contributed by atoms with Gasteiger partial charge in [-0.15, -0.1) is 10.2 Å². The molecule has 0 fully saturated rings. The minimum atomic E-state index is -0.238. The molecule has 9 heteroatoms. The fourth-order valence-electron chi connectivity index (χ4n) is 4.91. The Bertz CT molecular complexity index is 1890. The molecule has 0 aliphatic heterocycles. The molecule has 0 aliphatic rings. The highest BCUT2D eigenvalue weighted by molar-refractivity contribution is 7.99. The molecule has 7 nitrogen and oxygen atoms in total. The van der Waals surface area contributed by atoms with Crippen molar-refractivity contribution in [1.29, 1.82) is 0 Å². The minimum Gasteiger partial charge on any atom is -0.341 e. The Labute approximate surface area is 246 Å². The molecule has 1 N–H and O–H groups in total. The molecule has 4 aromatic carbocycles. The molecule has 0 saturated heterocycles. The Kier molecular flexibility index (Phi) is 7.59. The van der Waals surface area contributed by atoms with E-state index in [1.54, 1.807) is 6.21 Å². The standard InChI is InChI=1S/C32H27ClN6OS/c1-3-38-28-7-5-4-6-26(28)27-18-22(10-17-29(27)38)19-34-35-30(40)20-41-32-37-36-31(23-11-8-21(2)9-12-23)39(32)25-15-13-24(33)14-16-25/h4-19H,3,20H2,1-2H3,(H,35,40)/b34-19-. The summed E-state index contributed by atoms with van der Waals surface area (Å²) < 4.78 is 4.24. The van der Waals surface area contributed by atoms with Crippen molar-refractivity contribution in [1.82, 2.24) is 24.8 Å². The van der Waals surface area contributed by atoms with E-state index < -0.39 is 0 Å². The van der Waals surface area contributed by atoms with E-state index in [0.29, 0.717) is 16.0 Å². The number of rotatable bonds is 8. The van der Waals surface area contributed by atoms with Crippen LogP contribution in [0.15, 0.2) is 101 Å². The van der Waals surface area contributed by atoms with Gasteiger partial charge < -0.3 is 4.57 Å². The number of halogens is 1. The molecule has 0 spiro atoms. The van der Waals surface area contributed by atoms with E-state index in [4.69, 9.17) is 11.6 Å². The number of hydrazone groups is 1. The summed E-state index contributed by atoms with van der Waals surface area (Å²) in [6.07, 6.45) is 1.67. The third-order valence-electron chi connectivity index (χ3n) is 6.88. The second-order valence-corrected chi connectivity index (χ2v) is 11.0. The average molecular weight is 579 g/mol. The number of fused-ring (bicyclic) bond motifs is 3. The lowest BCUT2D eigenvalue weighted by molar-refractivity contribution is -0.118. The van der Waals surface area contributed by atoms with Crippen molar-refractivity contribution in [3.8, 4) is 17.1 Å². The maximum atomic E-state index is 12.7. The Morgan fingerprint density at radius 3 is 2.49 bits per heavy atom. The highest BCUT2D eigenvalue weighted by atomic mass is 35.5. The smallest absolute Gasteiger partial charge is 0.250 e. The van der Waals surface area contributed by atoms with Crippen LogP contribution in [0.3, 0.4) is 0 Å². The SMILES string of the molecule is CCn1c2ccccc2c2cc(/C=N\NC(=O)CSc3nnc(-c4ccc(C)cc4)n3-c3ccc(Cl)cc3)ccc21. The van der Waals surface area contributed by atoms with Crippen LogP contribution in [0.25, 0.3) is 38.9 Å². The van der Waals surface area contributed by atoms with Crippen molar-refractivity contribution < 1.29 is 4.79 Å². The summed E-state index contributed by atoms with van der Waals surface area (Å²) in [5, 5.41) is 16.7. The Morgan fingerprint density at radius 1 is 0.951 bits per heavy atom. The maximum absolute atomic E-state index is 12.7. The van der Waals surface area contributed by atoms with Gasteiger partial charge in [-0.2, -0.15) is 5.10 Å². The number of thioether (sulfide) groups is 1. The quantitative estimate of drug-likeness (QED) is 0.117. The lowest BCUT2D eigenvalue weighted by atomic mass is 10.1. The molecular weight excluding hydrogens is 552 g/mol. The first kappa shape index (κ1) is 26.8. The molecule has 1 amide bonds. The number of nitrogens with zero attached hydrogens (tertiary/aromatic N) is 5. The number of hydrogen-bond acceptors (Lipinski definition) is 5. The fraction of sp³-hybridized carbons (Fsp3) is 0.125. The number of carbonyl (C=O) groups excluding carboxylic acids is 1. The molecule has 204 valence electrons. The van der Waals surface area contributed by atoms with E-state index in [0.717, 1.165) is 28.9 Å². The molecule has 6 aromatic rings. The van der Waals surface area contributed by atoms with Gasteiger partial charge in [0.2, 0.25) is 0 Å². The predicted octanol–water partition coefficient (Wildman–Crippen LogP) is 7.27. The van der Waals surface area contributed by atoms with Crippen LogP contribution >= 0.6 is 23.4 Å². The molecular formula is C32H27ClN6OS. The first-order valence-corrected chi connectivity index (χ1v) is 14.6. The number of nitrogens with one attached hydrogen (secondary N) is 1. The highest BCUT2D eigenvalue weighted by Crippen LogP contribution is 2.30. The lowest BCUT2D eigenvalue weighted by Gasteiger charge is -2.10. The number of amides is 1. The summed E-state index contributed by atoms with van der Waals surface area (Å²) in [6, 6.07) is 30.2. The van der Waals surface area contributed by atoms with Gasteiger partial charge in [0.25, 0.3) is 5.91 Å². The first-order valence-electron chi connectivity index (χ1n) is 13.3. The van der Waals surface area contributed by atoms with Crippen molar-refractivity contribution in [2.24, 2.45) is 5.10 Å². The summed E-state index contributed by atoms with van der Waals surface area (Å²) in [5.74, 6) is 0.575. The zero-order valence-corrected chi connectivity index (χ0v) is 24.2. The monoisotopic (exact) mass is 578 g/mol. The molecule has 0 aliphatic carbocycles. The predicted molar refractivity (Wildman–Crippen MR) is 168 cm³/mol. The zero-order chi connectivity index (χ0) is 28.3. The van der Waals surface area contributed by atoms with Crippen LogP contribution in [0.2, 0.25) is 5.02 Å². The van der Waals surface area contributed by atoms with E-state index in [1.165, 1.54) is 33.6 Å². The second kappa shape index (κ2) is 11.6. The number of aryl methyl sites for hydroxylation is 2. The summed E-state index contributed by atoms with van der Waals surface area (Å²) in [7, 11) is 0. The van der Waals surface area contributed by atoms with E-state index in [9.17, 15) is 4.79 Å². The van der Waals surface area contributed by atoms with E-state index >= 15 is 0 Å². The molecule has 2 heterocycles. The van der Waals surface area contributed by atoms with Gasteiger partial charge in [0.15, 0.2) is 11.0 Å². The van der Waals surface area contributed by atoms with Crippen molar-refractivity contribution in [3.63, 3.8) is 0 Å². The Morgan fingerprint density at radius 2 is 1.71 bits per heavy atom.